The first-order valence-electron chi connectivity index (χ1n) is 5.73. The van der Waals surface area contributed by atoms with Gasteiger partial charge in [-0.2, -0.15) is 0 Å². The van der Waals surface area contributed by atoms with Gasteiger partial charge in [0.2, 0.25) is 0 Å². The van der Waals surface area contributed by atoms with E-state index < -0.39 is 0 Å². The quantitative estimate of drug-likeness (QED) is 0.715. The fourth-order valence-corrected chi connectivity index (χ4v) is 2.34. The Morgan fingerprint density at radius 1 is 1.46 bits per heavy atom. The van der Waals surface area contributed by atoms with Crippen molar-refractivity contribution in [2.24, 2.45) is 11.7 Å². The Hall–Kier alpha value is -0.0800. The molecular formula is C11H22N2. The molecule has 0 aromatic rings. The fourth-order valence-electron chi connectivity index (χ4n) is 2.34. The lowest BCUT2D eigenvalue weighted by molar-refractivity contribution is 0.333. The van der Waals surface area contributed by atoms with E-state index in [0.717, 1.165) is 5.92 Å². The van der Waals surface area contributed by atoms with E-state index in [-0.39, 0.29) is 5.54 Å². The average Bonchev–Trinajstić information content (AvgIpc) is 2.69. The van der Waals surface area contributed by atoms with Gasteiger partial charge in [-0.1, -0.05) is 6.92 Å². The molecule has 2 heteroatoms. The molecule has 1 unspecified atom stereocenters. The van der Waals surface area contributed by atoms with Crippen LogP contribution >= 0.6 is 0 Å². The lowest BCUT2D eigenvalue weighted by Crippen LogP contribution is -2.24. The Balaban J connectivity index is 1.66. The second kappa shape index (κ2) is 3.58. The third kappa shape index (κ3) is 2.44. The van der Waals surface area contributed by atoms with Crippen molar-refractivity contribution in [3.8, 4) is 0 Å². The normalized spacial score (nSPS) is 32.3. The van der Waals surface area contributed by atoms with Gasteiger partial charge in [-0.25, -0.2) is 0 Å². The maximum absolute atomic E-state index is 6.08. The second-order valence-corrected chi connectivity index (χ2v) is 4.95. The summed E-state index contributed by atoms with van der Waals surface area (Å²) in [6.07, 6.45) is 6.60. The first-order valence-corrected chi connectivity index (χ1v) is 5.73. The van der Waals surface area contributed by atoms with E-state index in [1.807, 2.05) is 0 Å². The molecule has 0 aromatic carbocycles. The molecule has 0 amide bonds. The number of nitrogens with zero attached hydrogens (tertiary/aromatic N) is 1. The van der Waals surface area contributed by atoms with Crippen LogP contribution in [0.25, 0.3) is 0 Å². The summed E-state index contributed by atoms with van der Waals surface area (Å²) >= 11 is 0. The van der Waals surface area contributed by atoms with Crippen LogP contribution in [0, 0.1) is 5.92 Å². The lowest BCUT2D eigenvalue weighted by Gasteiger charge is -2.14. The highest BCUT2D eigenvalue weighted by Crippen LogP contribution is 2.38. The van der Waals surface area contributed by atoms with Crippen molar-refractivity contribution >= 4 is 0 Å². The zero-order valence-corrected chi connectivity index (χ0v) is 8.76. The van der Waals surface area contributed by atoms with Crippen molar-refractivity contribution in [1.29, 1.82) is 0 Å². The Bertz CT molecular complexity index is 175. The molecular weight excluding hydrogens is 160 g/mol. The summed E-state index contributed by atoms with van der Waals surface area (Å²) in [6.45, 7) is 6.13. The SMILES string of the molecule is CCN1CCC(CCC2(N)CC2)C1. The predicted octanol–water partition coefficient (Wildman–Crippen LogP) is 1.60. The van der Waals surface area contributed by atoms with E-state index in [4.69, 9.17) is 5.73 Å². The van der Waals surface area contributed by atoms with Gasteiger partial charge in [0.1, 0.15) is 0 Å². The highest BCUT2D eigenvalue weighted by Gasteiger charge is 2.38. The molecule has 2 N–H and O–H groups in total. The zero-order valence-electron chi connectivity index (χ0n) is 8.76. The summed E-state index contributed by atoms with van der Waals surface area (Å²) in [5.41, 5.74) is 6.36. The van der Waals surface area contributed by atoms with Crippen LogP contribution in [-0.4, -0.2) is 30.1 Å². The molecule has 2 nitrogen and oxygen atoms in total. The number of rotatable bonds is 4. The molecule has 0 bridgehead atoms. The fraction of sp³-hybridized carbons (Fsp3) is 1.00. The minimum atomic E-state index is 0.277. The van der Waals surface area contributed by atoms with Crippen LogP contribution in [0.4, 0.5) is 0 Å². The van der Waals surface area contributed by atoms with E-state index in [0.29, 0.717) is 0 Å². The molecule has 1 saturated carbocycles. The summed E-state index contributed by atoms with van der Waals surface area (Å²) in [5.74, 6) is 0.945. The minimum Gasteiger partial charge on any atom is -0.325 e. The molecule has 2 aliphatic rings. The first-order chi connectivity index (χ1) is 6.22. The van der Waals surface area contributed by atoms with Crippen LogP contribution in [-0.2, 0) is 0 Å². The summed E-state index contributed by atoms with van der Waals surface area (Å²) in [5, 5.41) is 0. The van der Waals surface area contributed by atoms with Crippen LogP contribution in [0.2, 0.25) is 0 Å². The Labute approximate surface area is 81.5 Å². The number of hydrogen-bond acceptors (Lipinski definition) is 2. The molecule has 0 spiro atoms. The monoisotopic (exact) mass is 182 g/mol. The maximum Gasteiger partial charge on any atom is 0.0155 e. The summed E-state index contributed by atoms with van der Waals surface area (Å²) in [4.78, 5) is 2.56. The topological polar surface area (TPSA) is 29.3 Å². The van der Waals surface area contributed by atoms with Crippen LogP contribution in [0.1, 0.15) is 39.0 Å². The van der Waals surface area contributed by atoms with Crippen molar-refractivity contribution in [2.75, 3.05) is 19.6 Å². The van der Waals surface area contributed by atoms with Crippen molar-refractivity contribution in [1.82, 2.24) is 4.90 Å². The standard InChI is InChI=1S/C11H22N2/c1-2-13-8-4-10(9-13)3-5-11(12)6-7-11/h10H,2-9,12H2,1H3. The molecule has 1 aliphatic carbocycles. The number of hydrogen-bond donors (Lipinski definition) is 1. The predicted molar refractivity (Wildman–Crippen MR) is 55.6 cm³/mol. The van der Waals surface area contributed by atoms with Gasteiger partial charge in [-0.3, -0.25) is 0 Å². The Morgan fingerprint density at radius 3 is 2.77 bits per heavy atom. The van der Waals surface area contributed by atoms with Crippen molar-refractivity contribution in [3.63, 3.8) is 0 Å². The van der Waals surface area contributed by atoms with Gasteiger partial charge in [-0.15, -0.1) is 0 Å². The van der Waals surface area contributed by atoms with E-state index in [9.17, 15) is 0 Å². The summed E-state index contributed by atoms with van der Waals surface area (Å²) in [7, 11) is 0. The van der Waals surface area contributed by atoms with Gasteiger partial charge in [0.05, 0.1) is 0 Å². The van der Waals surface area contributed by atoms with Crippen LogP contribution in [0.5, 0.6) is 0 Å². The minimum absolute atomic E-state index is 0.277. The second-order valence-electron chi connectivity index (χ2n) is 4.95. The van der Waals surface area contributed by atoms with Crippen LogP contribution in [0.3, 0.4) is 0 Å². The maximum atomic E-state index is 6.08. The molecule has 13 heavy (non-hydrogen) atoms. The average molecular weight is 182 g/mol. The van der Waals surface area contributed by atoms with E-state index in [1.54, 1.807) is 0 Å². The Morgan fingerprint density at radius 2 is 2.23 bits per heavy atom. The van der Waals surface area contributed by atoms with Gasteiger partial charge in [0.25, 0.3) is 0 Å². The molecule has 1 heterocycles. The third-order valence-corrected chi connectivity index (χ3v) is 3.76. The molecule has 2 fully saturated rings. The van der Waals surface area contributed by atoms with E-state index in [2.05, 4.69) is 11.8 Å². The van der Waals surface area contributed by atoms with Gasteiger partial charge in [0.15, 0.2) is 0 Å². The largest absolute Gasteiger partial charge is 0.325 e. The molecule has 1 saturated heterocycles. The van der Waals surface area contributed by atoms with Crippen LogP contribution in [0.15, 0.2) is 0 Å². The highest BCUT2D eigenvalue weighted by molar-refractivity contribution is 4.98. The molecule has 76 valence electrons. The summed E-state index contributed by atoms with van der Waals surface area (Å²) in [6, 6.07) is 0. The van der Waals surface area contributed by atoms with E-state index in [1.165, 1.54) is 51.7 Å². The molecule has 0 radical (unpaired) electrons. The van der Waals surface area contributed by atoms with E-state index >= 15 is 0 Å². The third-order valence-electron chi connectivity index (χ3n) is 3.76. The zero-order chi connectivity index (χ0) is 9.31. The lowest BCUT2D eigenvalue weighted by atomic mass is 9.98. The van der Waals surface area contributed by atoms with Gasteiger partial charge in [-0.05, 0) is 51.1 Å². The van der Waals surface area contributed by atoms with Crippen molar-refractivity contribution in [3.05, 3.63) is 0 Å². The Kier molecular flexibility index (Phi) is 2.61. The van der Waals surface area contributed by atoms with Gasteiger partial charge >= 0.3 is 0 Å². The van der Waals surface area contributed by atoms with Gasteiger partial charge in [0, 0.05) is 12.1 Å². The molecule has 2 rings (SSSR count). The van der Waals surface area contributed by atoms with Crippen LogP contribution < -0.4 is 5.73 Å². The molecule has 1 atom stereocenters. The van der Waals surface area contributed by atoms with Crippen molar-refractivity contribution in [2.45, 2.75) is 44.6 Å². The summed E-state index contributed by atoms with van der Waals surface area (Å²) < 4.78 is 0. The van der Waals surface area contributed by atoms with Gasteiger partial charge < -0.3 is 10.6 Å². The van der Waals surface area contributed by atoms with Crippen molar-refractivity contribution < 1.29 is 0 Å². The first kappa shape index (κ1) is 9.47. The number of likely N-dealkylation sites (tertiary alicyclic amines) is 1. The number of nitrogens with two attached hydrogens (primary N) is 1. The molecule has 1 aliphatic heterocycles. The molecule has 0 aromatic heterocycles. The smallest absolute Gasteiger partial charge is 0.0155 e. The highest BCUT2D eigenvalue weighted by atomic mass is 15.1.